The Kier molecular flexibility index (Phi) is 5.64. The summed E-state index contributed by atoms with van der Waals surface area (Å²) >= 11 is 0. The number of methoxy groups -OCH3 is 1. The minimum atomic E-state index is 0.0856. The average Bonchev–Trinajstić information content (AvgIpc) is 2.84. The lowest BCUT2D eigenvalue weighted by molar-refractivity contribution is -0.121. The van der Waals surface area contributed by atoms with Crippen molar-refractivity contribution in [2.75, 3.05) is 13.7 Å². The van der Waals surface area contributed by atoms with Gasteiger partial charge in [-0.15, -0.1) is 0 Å². The van der Waals surface area contributed by atoms with Crippen LogP contribution in [0, 0.1) is 13.8 Å². The average molecular weight is 300 g/mol. The predicted molar refractivity (Wildman–Crippen MR) is 88.2 cm³/mol. The topological polar surface area (TPSA) is 43.3 Å². The van der Waals surface area contributed by atoms with Gasteiger partial charge in [0.2, 0.25) is 5.91 Å². The normalized spacial score (nSPS) is 10.5. The molecule has 118 valence electrons. The second-order valence-corrected chi connectivity index (χ2v) is 5.43. The summed E-state index contributed by atoms with van der Waals surface area (Å²) in [5.41, 5.74) is 3.50. The van der Waals surface area contributed by atoms with Crippen LogP contribution in [0.3, 0.4) is 0 Å². The molecule has 0 aliphatic carbocycles. The van der Waals surface area contributed by atoms with E-state index < -0.39 is 0 Å². The van der Waals surface area contributed by atoms with E-state index in [1.165, 1.54) is 11.4 Å². The van der Waals surface area contributed by atoms with Crippen LogP contribution in [-0.4, -0.2) is 24.1 Å². The monoisotopic (exact) mass is 300 g/mol. The third-order valence-electron chi connectivity index (χ3n) is 3.89. The molecule has 0 saturated carbocycles. The van der Waals surface area contributed by atoms with E-state index in [-0.39, 0.29) is 5.91 Å². The highest BCUT2D eigenvalue weighted by atomic mass is 16.5. The molecule has 4 heteroatoms. The molecule has 1 heterocycles. The Morgan fingerprint density at radius 3 is 2.50 bits per heavy atom. The third kappa shape index (κ3) is 4.13. The molecule has 0 atom stereocenters. The fraction of sp³-hybridized carbons (Fsp3) is 0.389. The fourth-order valence-electron chi connectivity index (χ4n) is 2.60. The molecule has 22 heavy (non-hydrogen) atoms. The van der Waals surface area contributed by atoms with Crippen LogP contribution in [0.1, 0.15) is 23.4 Å². The molecule has 1 aromatic heterocycles. The maximum absolute atomic E-state index is 11.9. The number of nitrogens with one attached hydrogen (secondary N) is 1. The van der Waals surface area contributed by atoms with Crippen LogP contribution < -0.4 is 10.1 Å². The number of benzene rings is 1. The highest BCUT2D eigenvalue weighted by Gasteiger charge is 2.06. The maximum atomic E-state index is 11.9. The van der Waals surface area contributed by atoms with Crippen molar-refractivity contribution in [3.8, 4) is 5.75 Å². The molecule has 1 amide bonds. The van der Waals surface area contributed by atoms with Crippen molar-refractivity contribution in [2.45, 2.75) is 33.2 Å². The second kappa shape index (κ2) is 7.69. The number of carbonyl (C=O) groups excluding carboxylic acids is 1. The first-order chi connectivity index (χ1) is 10.6. The Labute approximate surface area is 132 Å². The first-order valence-corrected chi connectivity index (χ1v) is 7.63. The Hall–Kier alpha value is -2.23. The van der Waals surface area contributed by atoms with E-state index in [0.717, 1.165) is 24.3 Å². The van der Waals surface area contributed by atoms with E-state index in [2.05, 4.69) is 35.9 Å². The molecule has 0 saturated heterocycles. The first-order valence-electron chi connectivity index (χ1n) is 7.63. The highest BCUT2D eigenvalue weighted by molar-refractivity contribution is 5.75. The molecular formula is C18H24N2O2. The van der Waals surface area contributed by atoms with Gasteiger partial charge in [-0.05, 0) is 44.0 Å². The minimum absolute atomic E-state index is 0.0856. The number of hydrogen-bond acceptors (Lipinski definition) is 2. The lowest BCUT2D eigenvalue weighted by Crippen LogP contribution is -2.26. The van der Waals surface area contributed by atoms with Crippen molar-refractivity contribution >= 4 is 5.91 Å². The molecule has 1 aromatic carbocycles. The lowest BCUT2D eigenvalue weighted by atomic mass is 10.1. The number of carbonyl (C=O) groups is 1. The van der Waals surface area contributed by atoms with Crippen LogP contribution in [0.2, 0.25) is 0 Å². The van der Waals surface area contributed by atoms with Gasteiger partial charge in [0, 0.05) is 30.9 Å². The molecule has 0 fully saturated rings. The Morgan fingerprint density at radius 1 is 1.14 bits per heavy atom. The maximum Gasteiger partial charge on any atom is 0.221 e. The number of aryl methyl sites for hydroxylation is 2. The standard InChI is InChI=1S/C18H24N2O2/c1-14-8-9-15(2)20(14)13-11-18(21)19-12-10-16-6-4-5-7-17(16)22-3/h4-9H,10-13H2,1-3H3,(H,19,21). The first kappa shape index (κ1) is 16.1. The van der Waals surface area contributed by atoms with E-state index >= 15 is 0 Å². The summed E-state index contributed by atoms with van der Waals surface area (Å²) < 4.78 is 7.48. The van der Waals surface area contributed by atoms with Gasteiger partial charge < -0.3 is 14.6 Å². The number of amides is 1. The molecule has 2 aromatic rings. The van der Waals surface area contributed by atoms with Crippen LogP contribution in [0.4, 0.5) is 0 Å². The molecular weight excluding hydrogens is 276 g/mol. The lowest BCUT2D eigenvalue weighted by Gasteiger charge is -2.11. The summed E-state index contributed by atoms with van der Waals surface area (Å²) in [5, 5.41) is 2.98. The summed E-state index contributed by atoms with van der Waals surface area (Å²) in [6, 6.07) is 12.1. The van der Waals surface area contributed by atoms with Crippen molar-refractivity contribution in [1.29, 1.82) is 0 Å². The predicted octanol–water partition coefficient (Wildman–Crippen LogP) is 2.86. The molecule has 4 nitrogen and oxygen atoms in total. The molecule has 0 spiro atoms. The van der Waals surface area contributed by atoms with Crippen LogP contribution >= 0.6 is 0 Å². The Morgan fingerprint density at radius 2 is 1.82 bits per heavy atom. The van der Waals surface area contributed by atoms with Gasteiger partial charge in [-0.1, -0.05) is 18.2 Å². The van der Waals surface area contributed by atoms with Gasteiger partial charge in [0.05, 0.1) is 7.11 Å². The van der Waals surface area contributed by atoms with Gasteiger partial charge in [-0.25, -0.2) is 0 Å². The summed E-state index contributed by atoms with van der Waals surface area (Å²) in [5.74, 6) is 0.956. The molecule has 0 aliphatic heterocycles. The van der Waals surface area contributed by atoms with E-state index in [1.807, 2.05) is 24.3 Å². The molecule has 0 radical (unpaired) electrons. The van der Waals surface area contributed by atoms with E-state index in [4.69, 9.17) is 4.74 Å². The number of para-hydroxylation sites is 1. The number of ether oxygens (including phenoxy) is 1. The van der Waals surface area contributed by atoms with E-state index in [1.54, 1.807) is 7.11 Å². The largest absolute Gasteiger partial charge is 0.496 e. The molecule has 0 unspecified atom stereocenters. The molecule has 1 N–H and O–H groups in total. The Balaban J connectivity index is 1.76. The minimum Gasteiger partial charge on any atom is -0.496 e. The number of rotatable bonds is 7. The van der Waals surface area contributed by atoms with Crippen LogP contribution in [0.5, 0.6) is 5.75 Å². The smallest absolute Gasteiger partial charge is 0.221 e. The Bertz CT molecular complexity index is 612. The molecule has 2 rings (SSSR count). The second-order valence-electron chi connectivity index (χ2n) is 5.43. The summed E-state index contributed by atoms with van der Waals surface area (Å²) in [4.78, 5) is 11.9. The quantitative estimate of drug-likeness (QED) is 0.854. The van der Waals surface area contributed by atoms with Crippen LogP contribution in [0.15, 0.2) is 36.4 Å². The van der Waals surface area contributed by atoms with Crippen molar-refractivity contribution in [1.82, 2.24) is 9.88 Å². The van der Waals surface area contributed by atoms with Crippen molar-refractivity contribution in [3.63, 3.8) is 0 Å². The van der Waals surface area contributed by atoms with E-state index in [0.29, 0.717) is 13.0 Å². The van der Waals surface area contributed by atoms with Crippen LogP contribution in [-0.2, 0) is 17.8 Å². The molecule has 0 aliphatic rings. The third-order valence-corrected chi connectivity index (χ3v) is 3.89. The van der Waals surface area contributed by atoms with Crippen molar-refractivity contribution in [2.24, 2.45) is 0 Å². The van der Waals surface area contributed by atoms with Gasteiger partial charge in [-0.2, -0.15) is 0 Å². The van der Waals surface area contributed by atoms with Gasteiger partial charge in [0.25, 0.3) is 0 Å². The summed E-state index contributed by atoms with van der Waals surface area (Å²) in [6.45, 7) is 5.48. The number of aromatic nitrogens is 1. The molecule has 0 bridgehead atoms. The van der Waals surface area contributed by atoms with Crippen molar-refractivity contribution in [3.05, 3.63) is 53.3 Å². The number of nitrogens with zero attached hydrogens (tertiary/aromatic N) is 1. The number of hydrogen-bond donors (Lipinski definition) is 1. The zero-order valence-corrected chi connectivity index (χ0v) is 13.6. The van der Waals surface area contributed by atoms with Gasteiger partial charge >= 0.3 is 0 Å². The van der Waals surface area contributed by atoms with E-state index in [9.17, 15) is 4.79 Å². The highest BCUT2D eigenvalue weighted by Crippen LogP contribution is 2.17. The van der Waals surface area contributed by atoms with Gasteiger partial charge in [0.15, 0.2) is 0 Å². The van der Waals surface area contributed by atoms with Gasteiger partial charge in [-0.3, -0.25) is 4.79 Å². The summed E-state index contributed by atoms with van der Waals surface area (Å²) in [7, 11) is 1.67. The van der Waals surface area contributed by atoms with Crippen LogP contribution in [0.25, 0.3) is 0 Å². The zero-order chi connectivity index (χ0) is 15.9. The fourth-order valence-corrected chi connectivity index (χ4v) is 2.60. The van der Waals surface area contributed by atoms with Crippen molar-refractivity contribution < 1.29 is 9.53 Å². The SMILES string of the molecule is COc1ccccc1CCNC(=O)CCn1c(C)ccc1C. The van der Waals surface area contributed by atoms with Gasteiger partial charge in [0.1, 0.15) is 5.75 Å². The zero-order valence-electron chi connectivity index (χ0n) is 13.6. The summed E-state index contributed by atoms with van der Waals surface area (Å²) in [6.07, 6.45) is 1.28.